The molecule has 6 heteroatoms. The van der Waals surface area contributed by atoms with Gasteiger partial charge in [0.1, 0.15) is 5.60 Å². The van der Waals surface area contributed by atoms with Gasteiger partial charge < -0.3 is 15.1 Å². The fourth-order valence-corrected chi connectivity index (χ4v) is 3.55. The van der Waals surface area contributed by atoms with Gasteiger partial charge in [-0.2, -0.15) is 0 Å². The van der Waals surface area contributed by atoms with Crippen molar-refractivity contribution >= 4 is 29.0 Å². The number of benzene rings is 2. The SMILES string of the molecule is O=C(Nc1ccccc1)N1CCC2(CC1)CC(c1ccc(Cl)cc1)=NO2. The fourth-order valence-electron chi connectivity index (χ4n) is 3.43. The minimum Gasteiger partial charge on any atom is -0.388 e. The predicted octanol–water partition coefficient (Wildman–Crippen LogP) is 4.53. The number of oxime groups is 1. The Balaban J connectivity index is 1.34. The molecule has 0 aromatic heterocycles. The summed E-state index contributed by atoms with van der Waals surface area (Å²) in [7, 11) is 0. The van der Waals surface area contributed by atoms with Gasteiger partial charge in [0.15, 0.2) is 0 Å². The van der Waals surface area contributed by atoms with Crippen LogP contribution >= 0.6 is 11.6 Å². The number of urea groups is 1. The van der Waals surface area contributed by atoms with Crippen LogP contribution in [0, 0.1) is 0 Å². The number of hydrogen-bond acceptors (Lipinski definition) is 3. The maximum atomic E-state index is 12.4. The standard InChI is InChI=1S/C20H20ClN3O2/c21-16-8-6-15(7-9-16)18-14-20(26-23-18)10-12-24(13-11-20)19(25)22-17-4-2-1-3-5-17/h1-9H,10-14H2,(H,22,25). The third-order valence-corrected chi connectivity index (χ3v) is 5.26. The Morgan fingerprint density at radius 3 is 2.46 bits per heavy atom. The van der Waals surface area contributed by atoms with Gasteiger partial charge in [0.2, 0.25) is 0 Å². The van der Waals surface area contributed by atoms with Gasteiger partial charge in [-0.15, -0.1) is 0 Å². The van der Waals surface area contributed by atoms with Crippen LogP contribution in [-0.2, 0) is 4.84 Å². The van der Waals surface area contributed by atoms with Crippen molar-refractivity contribution in [3.05, 3.63) is 65.2 Å². The van der Waals surface area contributed by atoms with E-state index in [1.807, 2.05) is 59.5 Å². The highest BCUT2D eigenvalue weighted by Gasteiger charge is 2.43. The summed E-state index contributed by atoms with van der Waals surface area (Å²) in [6.45, 7) is 1.31. The first-order valence-corrected chi connectivity index (χ1v) is 9.13. The van der Waals surface area contributed by atoms with E-state index in [9.17, 15) is 4.79 Å². The van der Waals surface area contributed by atoms with E-state index in [0.717, 1.165) is 36.2 Å². The first-order chi connectivity index (χ1) is 12.6. The second-order valence-electron chi connectivity index (χ2n) is 6.78. The van der Waals surface area contributed by atoms with E-state index in [1.54, 1.807) is 0 Å². The topological polar surface area (TPSA) is 53.9 Å². The summed E-state index contributed by atoms with van der Waals surface area (Å²) >= 11 is 5.95. The van der Waals surface area contributed by atoms with Crippen molar-refractivity contribution in [2.24, 2.45) is 5.16 Å². The second kappa shape index (κ2) is 7.00. The van der Waals surface area contributed by atoms with E-state index in [-0.39, 0.29) is 11.6 Å². The number of piperidine rings is 1. The zero-order valence-electron chi connectivity index (χ0n) is 14.3. The molecule has 0 saturated carbocycles. The highest BCUT2D eigenvalue weighted by Crippen LogP contribution is 2.36. The number of para-hydroxylation sites is 1. The fraction of sp³-hybridized carbons (Fsp3) is 0.300. The van der Waals surface area contributed by atoms with E-state index in [0.29, 0.717) is 18.1 Å². The van der Waals surface area contributed by atoms with Crippen LogP contribution in [0.1, 0.15) is 24.8 Å². The molecule has 26 heavy (non-hydrogen) atoms. The Bertz CT molecular complexity index is 813. The molecule has 1 spiro atoms. The minimum atomic E-state index is -0.293. The zero-order valence-corrected chi connectivity index (χ0v) is 15.1. The normalized spacial score (nSPS) is 18.3. The van der Waals surface area contributed by atoms with Crippen LogP contribution in [0.25, 0.3) is 0 Å². The van der Waals surface area contributed by atoms with E-state index in [4.69, 9.17) is 16.4 Å². The van der Waals surface area contributed by atoms with Crippen molar-refractivity contribution in [3.63, 3.8) is 0 Å². The average Bonchev–Trinajstić information content (AvgIpc) is 3.07. The third kappa shape index (κ3) is 3.53. The van der Waals surface area contributed by atoms with Crippen LogP contribution in [0.5, 0.6) is 0 Å². The summed E-state index contributed by atoms with van der Waals surface area (Å²) in [6.07, 6.45) is 2.31. The van der Waals surface area contributed by atoms with Crippen molar-refractivity contribution in [2.45, 2.75) is 24.9 Å². The number of hydrogen-bond donors (Lipinski definition) is 1. The molecule has 4 rings (SSSR count). The lowest BCUT2D eigenvalue weighted by Gasteiger charge is -2.37. The number of halogens is 1. The Kier molecular flexibility index (Phi) is 4.55. The third-order valence-electron chi connectivity index (χ3n) is 5.00. The summed E-state index contributed by atoms with van der Waals surface area (Å²) in [5, 5.41) is 7.95. The summed E-state index contributed by atoms with van der Waals surface area (Å²) < 4.78 is 0. The van der Waals surface area contributed by atoms with Crippen molar-refractivity contribution in [2.75, 3.05) is 18.4 Å². The molecule has 0 radical (unpaired) electrons. The molecular weight excluding hydrogens is 350 g/mol. The van der Waals surface area contributed by atoms with E-state index in [2.05, 4.69) is 10.5 Å². The van der Waals surface area contributed by atoms with Gasteiger partial charge in [-0.3, -0.25) is 0 Å². The maximum Gasteiger partial charge on any atom is 0.321 e. The number of carbonyl (C=O) groups excluding carboxylic acids is 1. The summed E-state index contributed by atoms with van der Waals surface area (Å²) in [4.78, 5) is 20.1. The lowest BCUT2D eigenvalue weighted by Crippen LogP contribution is -2.48. The van der Waals surface area contributed by atoms with Gasteiger partial charge in [-0.25, -0.2) is 4.79 Å². The number of likely N-dealkylation sites (tertiary alicyclic amines) is 1. The first-order valence-electron chi connectivity index (χ1n) is 8.76. The van der Waals surface area contributed by atoms with Crippen LogP contribution in [0.4, 0.5) is 10.5 Å². The van der Waals surface area contributed by atoms with Crippen LogP contribution in [0.15, 0.2) is 59.8 Å². The molecule has 1 N–H and O–H groups in total. The second-order valence-corrected chi connectivity index (χ2v) is 7.22. The smallest absolute Gasteiger partial charge is 0.321 e. The van der Waals surface area contributed by atoms with E-state index >= 15 is 0 Å². The van der Waals surface area contributed by atoms with E-state index < -0.39 is 0 Å². The highest BCUT2D eigenvalue weighted by atomic mass is 35.5. The quantitative estimate of drug-likeness (QED) is 0.845. The molecule has 2 amide bonds. The molecule has 0 unspecified atom stereocenters. The van der Waals surface area contributed by atoms with Gasteiger partial charge in [-0.1, -0.05) is 47.1 Å². The predicted molar refractivity (Wildman–Crippen MR) is 103 cm³/mol. The minimum absolute atomic E-state index is 0.0668. The number of nitrogens with zero attached hydrogens (tertiary/aromatic N) is 2. The molecule has 2 aliphatic heterocycles. The molecule has 0 aliphatic carbocycles. The molecule has 5 nitrogen and oxygen atoms in total. The van der Waals surface area contributed by atoms with Crippen molar-refractivity contribution in [3.8, 4) is 0 Å². The first kappa shape index (κ1) is 16.9. The largest absolute Gasteiger partial charge is 0.388 e. The Morgan fingerprint density at radius 2 is 1.77 bits per heavy atom. The number of nitrogens with one attached hydrogen (secondary N) is 1. The summed E-state index contributed by atoms with van der Waals surface area (Å²) in [6, 6.07) is 17.1. The van der Waals surface area contributed by atoms with Crippen LogP contribution in [-0.4, -0.2) is 35.3 Å². The molecule has 1 saturated heterocycles. The van der Waals surface area contributed by atoms with Crippen LogP contribution in [0.3, 0.4) is 0 Å². The molecule has 0 atom stereocenters. The van der Waals surface area contributed by atoms with Crippen molar-refractivity contribution in [1.29, 1.82) is 0 Å². The monoisotopic (exact) mass is 369 g/mol. The number of amides is 2. The van der Waals surface area contributed by atoms with Crippen LogP contribution in [0.2, 0.25) is 5.02 Å². The van der Waals surface area contributed by atoms with Gasteiger partial charge in [0, 0.05) is 43.1 Å². The van der Waals surface area contributed by atoms with E-state index in [1.165, 1.54) is 0 Å². The Hall–Kier alpha value is -2.53. The number of anilines is 1. The van der Waals surface area contributed by atoms with Crippen molar-refractivity contribution in [1.82, 2.24) is 4.90 Å². The summed E-state index contributed by atoms with van der Waals surface area (Å²) in [5.41, 5.74) is 2.50. The van der Waals surface area contributed by atoms with Gasteiger partial charge in [0.05, 0.1) is 5.71 Å². The molecular formula is C20H20ClN3O2. The van der Waals surface area contributed by atoms with Gasteiger partial charge in [-0.05, 0) is 29.8 Å². The average molecular weight is 370 g/mol. The molecule has 1 fully saturated rings. The summed E-state index contributed by atoms with van der Waals surface area (Å²) in [5.74, 6) is 0. The number of rotatable bonds is 2. The number of carbonyl (C=O) groups is 1. The van der Waals surface area contributed by atoms with Gasteiger partial charge in [0.25, 0.3) is 0 Å². The molecule has 2 heterocycles. The molecule has 2 aliphatic rings. The van der Waals surface area contributed by atoms with Crippen molar-refractivity contribution < 1.29 is 9.63 Å². The maximum absolute atomic E-state index is 12.4. The van der Waals surface area contributed by atoms with Crippen LogP contribution < -0.4 is 5.32 Å². The molecule has 2 aromatic rings. The Morgan fingerprint density at radius 1 is 1.08 bits per heavy atom. The highest BCUT2D eigenvalue weighted by molar-refractivity contribution is 6.30. The molecule has 134 valence electrons. The molecule has 0 bridgehead atoms. The lowest BCUT2D eigenvalue weighted by atomic mass is 9.85. The zero-order chi connectivity index (χ0) is 18.0. The molecule has 2 aromatic carbocycles. The lowest BCUT2D eigenvalue weighted by molar-refractivity contribution is -0.0544. The Labute approximate surface area is 157 Å². The van der Waals surface area contributed by atoms with Gasteiger partial charge >= 0.3 is 6.03 Å².